The van der Waals surface area contributed by atoms with Gasteiger partial charge in [-0.2, -0.15) is 0 Å². The molecule has 2 rings (SSSR count). The number of carboxylic acid groups (broad SMARTS) is 1. The largest absolute Gasteiger partial charge is 0.478 e. The number of aromatic carboxylic acids is 1. The first kappa shape index (κ1) is 13.0. The van der Waals surface area contributed by atoms with Crippen molar-refractivity contribution in [3.05, 3.63) is 35.4 Å². The second-order valence-corrected chi connectivity index (χ2v) is 4.94. The molecule has 0 radical (unpaired) electrons. The van der Waals surface area contributed by atoms with Crippen LogP contribution in [0.1, 0.15) is 41.6 Å². The maximum atomic E-state index is 13.7. The standard InChI is InChI=1S/C14H18FNO2/c15-14(5-2-6-14)7-8-16-10-11-3-1-4-12(9-11)13(17)18/h1,3-4,9,16H,2,5-8,10H2,(H,17,18). The summed E-state index contributed by atoms with van der Waals surface area (Å²) in [4.78, 5) is 10.8. The molecule has 0 bridgehead atoms. The molecule has 4 heteroatoms. The third kappa shape index (κ3) is 3.29. The molecule has 0 aliphatic heterocycles. The SMILES string of the molecule is O=C(O)c1cccc(CNCCC2(F)CCC2)c1. The summed E-state index contributed by atoms with van der Waals surface area (Å²) < 4.78 is 13.7. The average molecular weight is 251 g/mol. The fourth-order valence-corrected chi connectivity index (χ4v) is 2.17. The van der Waals surface area contributed by atoms with E-state index < -0.39 is 11.6 Å². The minimum atomic E-state index is -0.948. The number of hydrogen-bond acceptors (Lipinski definition) is 2. The smallest absolute Gasteiger partial charge is 0.335 e. The van der Waals surface area contributed by atoms with Crippen molar-refractivity contribution >= 4 is 5.97 Å². The van der Waals surface area contributed by atoms with Gasteiger partial charge in [0.15, 0.2) is 0 Å². The highest BCUT2D eigenvalue weighted by molar-refractivity contribution is 5.87. The molecule has 1 aromatic carbocycles. The second kappa shape index (κ2) is 5.48. The zero-order valence-electron chi connectivity index (χ0n) is 10.3. The van der Waals surface area contributed by atoms with Gasteiger partial charge >= 0.3 is 5.97 Å². The molecular weight excluding hydrogens is 233 g/mol. The first-order valence-corrected chi connectivity index (χ1v) is 6.31. The first-order chi connectivity index (χ1) is 8.59. The van der Waals surface area contributed by atoms with Crippen LogP contribution in [0.4, 0.5) is 4.39 Å². The van der Waals surface area contributed by atoms with E-state index in [1.807, 2.05) is 6.07 Å². The Labute approximate surface area is 106 Å². The fraction of sp³-hybridized carbons (Fsp3) is 0.500. The minimum Gasteiger partial charge on any atom is -0.478 e. The molecule has 0 atom stereocenters. The lowest BCUT2D eigenvalue weighted by molar-refractivity contribution is 0.0541. The highest BCUT2D eigenvalue weighted by Gasteiger charge is 2.35. The molecule has 1 saturated carbocycles. The van der Waals surface area contributed by atoms with Crippen molar-refractivity contribution < 1.29 is 14.3 Å². The first-order valence-electron chi connectivity index (χ1n) is 6.31. The van der Waals surface area contributed by atoms with Crippen LogP contribution in [0.5, 0.6) is 0 Å². The zero-order chi connectivity index (χ0) is 13.0. The lowest BCUT2D eigenvalue weighted by Crippen LogP contribution is -2.35. The van der Waals surface area contributed by atoms with Gasteiger partial charge in [-0.25, -0.2) is 9.18 Å². The van der Waals surface area contributed by atoms with Crippen molar-refractivity contribution in [3.63, 3.8) is 0 Å². The molecule has 98 valence electrons. The van der Waals surface area contributed by atoms with Gasteiger partial charge in [-0.1, -0.05) is 12.1 Å². The summed E-state index contributed by atoms with van der Waals surface area (Å²) >= 11 is 0. The number of hydrogen-bond donors (Lipinski definition) is 2. The van der Waals surface area contributed by atoms with Crippen LogP contribution in [0.2, 0.25) is 0 Å². The van der Waals surface area contributed by atoms with Crippen molar-refractivity contribution in [2.45, 2.75) is 37.9 Å². The zero-order valence-corrected chi connectivity index (χ0v) is 10.3. The molecular formula is C14H18FNO2. The van der Waals surface area contributed by atoms with Crippen molar-refractivity contribution in [3.8, 4) is 0 Å². The lowest BCUT2D eigenvalue weighted by atomic mass is 9.80. The fourth-order valence-electron chi connectivity index (χ4n) is 2.17. The maximum absolute atomic E-state index is 13.7. The summed E-state index contributed by atoms with van der Waals surface area (Å²) in [6.45, 7) is 1.21. The molecule has 18 heavy (non-hydrogen) atoms. The summed E-state index contributed by atoms with van der Waals surface area (Å²) in [5.41, 5.74) is 0.252. The lowest BCUT2D eigenvalue weighted by Gasteiger charge is -2.33. The molecule has 0 unspecified atom stereocenters. The Morgan fingerprint density at radius 1 is 1.44 bits per heavy atom. The number of halogens is 1. The number of rotatable bonds is 6. The monoisotopic (exact) mass is 251 g/mol. The molecule has 0 amide bonds. The summed E-state index contributed by atoms with van der Waals surface area (Å²) in [6, 6.07) is 6.80. The summed E-state index contributed by atoms with van der Waals surface area (Å²) in [7, 11) is 0. The number of benzene rings is 1. The Balaban J connectivity index is 1.76. The molecule has 1 aromatic rings. The van der Waals surface area contributed by atoms with Gasteiger partial charge in [0.2, 0.25) is 0 Å². The number of carboxylic acids is 1. The van der Waals surface area contributed by atoms with Gasteiger partial charge < -0.3 is 10.4 Å². The Hall–Kier alpha value is -1.42. The molecule has 0 spiro atoms. The van der Waals surface area contributed by atoms with Gasteiger partial charge in [0.05, 0.1) is 5.56 Å². The predicted octanol–water partition coefficient (Wildman–Crippen LogP) is 2.76. The van der Waals surface area contributed by atoms with Gasteiger partial charge in [-0.3, -0.25) is 0 Å². The van der Waals surface area contributed by atoms with Crippen LogP contribution in [-0.4, -0.2) is 23.3 Å². The molecule has 3 nitrogen and oxygen atoms in total. The van der Waals surface area contributed by atoms with Gasteiger partial charge in [-0.15, -0.1) is 0 Å². The van der Waals surface area contributed by atoms with E-state index >= 15 is 0 Å². The van der Waals surface area contributed by atoms with E-state index in [1.165, 1.54) is 0 Å². The van der Waals surface area contributed by atoms with Crippen LogP contribution >= 0.6 is 0 Å². The summed E-state index contributed by atoms with van der Waals surface area (Å²) in [6.07, 6.45) is 2.91. The quantitative estimate of drug-likeness (QED) is 0.764. The van der Waals surface area contributed by atoms with E-state index in [9.17, 15) is 9.18 Å². The number of carbonyl (C=O) groups is 1. The highest BCUT2D eigenvalue weighted by Crippen LogP contribution is 2.38. The van der Waals surface area contributed by atoms with E-state index in [4.69, 9.17) is 5.11 Å². The van der Waals surface area contributed by atoms with E-state index in [1.54, 1.807) is 18.2 Å². The van der Waals surface area contributed by atoms with Crippen molar-refractivity contribution in [2.75, 3.05) is 6.54 Å². The van der Waals surface area contributed by atoms with Crippen LogP contribution in [0.3, 0.4) is 0 Å². The molecule has 0 saturated heterocycles. The molecule has 1 fully saturated rings. The summed E-state index contributed by atoms with van der Waals surface area (Å²) in [5.74, 6) is -0.922. The van der Waals surface area contributed by atoms with Crippen LogP contribution in [-0.2, 0) is 6.54 Å². The van der Waals surface area contributed by atoms with Gasteiger partial charge in [-0.05, 0) is 49.9 Å². The molecule has 2 N–H and O–H groups in total. The minimum absolute atomic E-state index is 0.287. The van der Waals surface area contributed by atoms with Crippen molar-refractivity contribution in [1.29, 1.82) is 0 Å². The van der Waals surface area contributed by atoms with E-state index in [-0.39, 0.29) is 5.56 Å². The van der Waals surface area contributed by atoms with Crippen LogP contribution < -0.4 is 5.32 Å². The number of nitrogens with one attached hydrogen (secondary N) is 1. The summed E-state index contributed by atoms with van der Waals surface area (Å²) in [5, 5.41) is 12.0. The third-order valence-electron chi connectivity index (χ3n) is 3.50. The average Bonchev–Trinajstić information content (AvgIpc) is 2.33. The Morgan fingerprint density at radius 3 is 2.83 bits per heavy atom. The van der Waals surface area contributed by atoms with Gasteiger partial charge in [0.25, 0.3) is 0 Å². The normalized spacial score (nSPS) is 17.2. The maximum Gasteiger partial charge on any atom is 0.335 e. The van der Waals surface area contributed by atoms with Gasteiger partial charge in [0.1, 0.15) is 5.67 Å². The molecule has 1 aliphatic rings. The van der Waals surface area contributed by atoms with Crippen LogP contribution in [0, 0.1) is 0 Å². The highest BCUT2D eigenvalue weighted by atomic mass is 19.1. The molecule has 0 heterocycles. The molecule has 1 aliphatic carbocycles. The Bertz CT molecular complexity index is 430. The molecule has 0 aromatic heterocycles. The number of alkyl halides is 1. The predicted molar refractivity (Wildman–Crippen MR) is 67.4 cm³/mol. The van der Waals surface area contributed by atoms with Crippen molar-refractivity contribution in [2.24, 2.45) is 0 Å². The van der Waals surface area contributed by atoms with E-state index in [2.05, 4.69) is 5.32 Å². The second-order valence-electron chi connectivity index (χ2n) is 4.94. The van der Waals surface area contributed by atoms with Crippen molar-refractivity contribution in [1.82, 2.24) is 5.32 Å². The third-order valence-corrected chi connectivity index (χ3v) is 3.50. The van der Waals surface area contributed by atoms with Crippen LogP contribution in [0.25, 0.3) is 0 Å². The Kier molecular flexibility index (Phi) is 3.97. The topological polar surface area (TPSA) is 49.3 Å². The van der Waals surface area contributed by atoms with Crippen LogP contribution in [0.15, 0.2) is 24.3 Å². The Morgan fingerprint density at radius 2 is 2.22 bits per heavy atom. The van der Waals surface area contributed by atoms with E-state index in [0.717, 1.165) is 12.0 Å². The van der Waals surface area contributed by atoms with Gasteiger partial charge in [0, 0.05) is 6.54 Å². The van der Waals surface area contributed by atoms with E-state index in [0.29, 0.717) is 32.4 Å².